The second kappa shape index (κ2) is 5.11. The van der Waals surface area contributed by atoms with Crippen molar-refractivity contribution in [2.24, 2.45) is 0 Å². The van der Waals surface area contributed by atoms with Gasteiger partial charge in [-0.2, -0.15) is 0 Å². The van der Waals surface area contributed by atoms with Gasteiger partial charge in [0.25, 0.3) is 0 Å². The average molecular weight is 250 g/mol. The predicted molar refractivity (Wildman–Crippen MR) is 47.6 cm³/mol. The molecule has 0 amide bonds. The van der Waals surface area contributed by atoms with E-state index >= 15 is 0 Å². The van der Waals surface area contributed by atoms with Crippen molar-refractivity contribution in [1.82, 2.24) is 0 Å². The molecular weight excluding hydrogens is 239 g/mol. The molecule has 0 aromatic heterocycles. The molecule has 0 aliphatic rings. The van der Waals surface area contributed by atoms with Crippen molar-refractivity contribution in [3.8, 4) is 0 Å². The number of hydrogen-bond donors (Lipinski definition) is 0. The van der Waals surface area contributed by atoms with Crippen molar-refractivity contribution in [2.45, 2.75) is 31.4 Å². The van der Waals surface area contributed by atoms with Crippen LogP contribution in [-0.2, 0) is 0 Å². The summed E-state index contributed by atoms with van der Waals surface area (Å²) in [4.78, 5) is 0. The molecule has 0 aromatic rings. The summed E-state index contributed by atoms with van der Waals surface area (Å²) < 4.78 is 0. The van der Waals surface area contributed by atoms with Crippen LogP contribution in [0.4, 0.5) is 0 Å². The maximum atomic E-state index is 5.69. The van der Waals surface area contributed by atoms with E-state index in [1.165, 1.54) is 12.8 Å². The minimum atomic E-state index is -2.71. The Morgan fingerprint density at radius 2 is 1.67 bits per heavy atom. The number of rotatable bonds is 4. The molecular formula is C5H11Cl3Ge. The van der Waals surface area contributed by atoms with Crippen LogP contribution in [-0.4, -0.2) is 10.5 Å². The Hall–Kier alpha value is 1.41. The number of unbranched alkanes of at least 4 members (excludes halogenated alkanes) is 2. The first-order valence-electron chi connectivity index (χ1n) is 3.13. The molecule has 56 valence electrons. The summed E-state index contributed by atoms with van der Waals surface area (Å²) in [6, 6.07) is 0. The van der Waals surface area contributed by atoms with Gasteiger partial charge < -0.3 is 0 Å². The zero-order chi connectivity index (χ0) is 7.33. The van der Waals surface area contributed by atoms with Crippen LogP contribution >= 0.6 is 30.0 Å². The van der Waals surface area contributed by atoms with E-state index in [1.54, 1.807) is 0 Å². The quantitative estimate of drug-likeness (QED) is 0.525. The molecule has 0 spiro atoms. The molecule has 0 fully saturated rings. The average Bonchev–Trinajstić information content (AvgIpc) is 1.63. The first-order valence-corrected chi connectivity index (χ1v) is 12.9. The Morgan fingerprint density at radius 1 is 1.11 bits per heavy atom. The van der Waals surface area contributed by atoms with Gasteiger partial charge in [0, 0.05) is 0 Å². The topological polar surface area (TPSA) is 0 Å². The molecule has 0 bridgehead atoms. The van der Waals surface area contributed by atoms with Crippen molar-refractivity contribution in [3.05, 3.63) is 0 Å². The zero-order valence-corrected chi connectivity index (χ0v) is 9.83. The third-order valence-corrected chi connectivity index (χ3v) is 5.94. The summed E-state index contributed by atoms with van der Waals surface area (Å²) in [5.41, 5.74) is 0. The van der Waals surface area contributed by atoms with Gasteiger partial charge in [0.05, 0.1) is 0 Å². The molecule has 0 saturated carbocycles. The van der Waals surface area contributed by atoms with E-state index in [0.717, 1.165) is 11.7 Å². The third kappa shape index (κ3) is 9.41. The van der Waals surface area contributed by atoms with Gasteiger partial charge in [0.15, 0.2) is 0 Å². The fourth-order valence-electron chi connectivity index (χ4n) is 0.575. The SMILES string of the molecule is CCCC[CH2][Ge]([Cl])([Cl])[Cl]. The number of halogens is 3. The van der Waals surface area contributed by atoms with Crippen molar-refractivity contribution < 1.29 is 0 Å². The number of hydrogen-bond acceptors (Lipinski definition) is 0. The van der Waals surface area contributed by atoms with Crippen molar-refractivity contribution in [1.29, 1.82) is 0 Å². The summed E-state index contributed by atoms with van der Waals surface area (Å²) in [5, 5.41) is 0.860. The fourth-order valence-corrected chi connectivity index (χ4v) is 4.02. The molecule has 0 radical (unpaired) electrons. The standard InChI is InChI=1S/C5H11Cl3Ge/c1-2-3-4-5-9(6,7)8/h2-5H2,1H3. The molecule has 4 heteroatoms. The van der Waals surface area contributed by atoms with Gasteiger partial charge >= 0.3 is 71.9 Å². The van der Waals surface area contributed by atoms with Gasteiger partial charge in [-0.25, -0.2) is 0 Å². The summed E-state index contributed by atoms with van der Waals surface area (Å²) in [6.07, 6.45) is 3.48. The van der Waals surface area contributed by atoms with Crippen molar-refractivity contribution in [2.75, 3.05) is 0 Å². The summed E-state index contributed by atoms with van der Waals surface area (Å²) in [5.74, 6) is 0. The van der Waals surface area contributed by atoms with Gasteiger partial charge in [0.2, 0.25) is 0 Å². The molecule has 0 N–H and O–H groups in total. The third-order valence-electron chi connectivity index (χ3n) is 1.06. The Balaban J connectivity index is 3.07. The van der Waals surface area contributed by atoms with Crippen LogP contribution in [0.15, 0.2) is 0 Å². The van der Waals surface area contributed by atoms with Crippen LogP contribution in [0, 0.1) is 0 Å². The van der Waals surface area contributed by atoms with Gasteiger partial charge in [-0.15, -0.1) is 0 Å². The van der Waals surface area contributed by atoms with Crippen LogP contribution < -0.4 is 0 Å². The van der Waals surface area contributed by atoms with E-state index in [-0.39, 0.29) is 0 Å². The summed E-state index contributed by atoms with van der Waals surface area (Å²) >= 11 is 0. The van der Waals surface area contributed by atoms with E-state index in [4.69, 9.17) is 30.0 Å². The van der Waals surface area contributed by atoms with Crippen molar-refractivity contribution in [3.63, 3.8) is 0 Å². The van der Waals surface area contributed by atoms with Crippen LogP contribution in [0.5, 0.6) is 0 Å². The fraction of sp³-hybridized carbons (Fsp3) is 1.00. The van der Waals surface area contributed by atoms with Gasteiger partial charge in [-0.1, -0.05) is 0 Å². The second-order valence-electron chi connectivity index (χ2n) is 2.07. The summed E-state index contributed by atoms with van der Waals surface area (Å²) in [6.45, 7) is 2.14. The van der Waals surface area contributed by atoms with Gasteiger partial charge in [0.1, 0.15) is 0 Å². The first kappa shape index (κ1) is 10.4. The van der Waals surface area contributed by atoms with Crippen molar-refractivity contribution >= 4 is 40.5 Å². The Labute approximate surface area is 71.8 Å². The normalized spacial score (nSPS) is 12.0. The zero-order valence-electron chi connectivity index (χ0n) is 5.46. The summed E-state index contributed by atoms with van der Waals surface area (Å²) in [7, 11) is 14.3. The molecule has 0 aliphatic heterocycles. The molecule has 0 aliphatic carbocycles. The Bertz CT molecular complexity index is 69.1. The molecule has 0 unspecified atom stereocenters. The monoisotopic (exact) mass is 250 g/mol. The molecule has 0 rings (SSSR count). The molecule has 0 nitrogen and oxygen atoms in total. The predicted octanol–water partition coefficient (Wildman–Crippen LogP) is 3.83. The maximum absolute atomic E-state index is 5.69. The van der Waals surface area contributed by atoms with E-state index in [2.05, 4.69) is 6.92 Å². The minimum absolute atomic E-state index is 0.860. The van der Waals surface area contributed by atoms with E-state index in [0.29, 0.717) is 0 Å². The van der Waals surface area contributed by atoms with Gasteiger partial charge in [-0.3, -0.25) is 0 Å². The molecule has 0 saturated heterocycles. The van der Waals surface area contributed by atoms with Gasteiger partial charge in [-0.05, 0) is 0 Å². The molecule has 0 atom stereocenters. The van der Waals surface area contributed by atoms with Crippen LogP contribution in [0.3, 0.4) is 0 Å². The van der Waals surface area contributed by atoms with Crippen LogP contribution in [0.2, 0.25) is 5.25 Å². The molecule has 0 aromatic carbocycles. The van der Waals surface area contributed by atoms with E-state index in [1.807, 2.05) is 0 Å². The van der Waals surface area contributed by atoms with E-state index < -0.39 is 10.5 Å². The second-order valence-corrected chi connectivity index (χ2v) is 18.8. The Morgan fingerprint density at radius 3 is 2.00 bits per heavy atom. The molecule has 9 heavy (non-hydrogen) atoms. The van der Waals surface area contributed by atoms with Crippen LogP contribution in [0.25, 0.3) is 0 Å². The van der Waals surface area contributed by atoms with E-state index in [9.17, 15) is 0 Å². The van der Waals surface area contributed by atoms with Crippen LogP contribution in [0.1, 0.15) is 26.2 Å². The first-order chi connectivity index (χ1) is 4.06. The Kier molecular flexibility index (Phi) is 5.92. The molecule has 0 heterocycles.